The van der Waals surface area contributed by atoms with Crippen molar-refractivity contribution in [1.29, 1.82) is 0 Å². The lowest BCUT2D eigenvalue weighted by atomic mass is 10.2. The van der Waals surface area contributed by atoms with Crippen molar-refractivity contribution in [3.8, 4) is 0 Å². The summed E-state index contributed by atoms with van der Waals surface area (Å²) >= 11 is 0. The number of carbonyl (C=O) groups excluding carboxylic acids is 1. The molecule has 0 aliphatic heterocycles. The van der Waals surface area contributed by atoms with Crippen molar-refractivity contribution in [1.82, 2.24) is 15.0 Å². The van der Waals surface area contributed by atoms with Gasteiger partial charge in [-0.25, -0.2) is 4.68 Å². The Morgan fingerprint density at radius 3 is 2.52 bits per heavy atom. The topological polar surface area (TPSA) is 97.1 Å². The summed E-state index contributed by atoms with van der Waals surface area (Å²) in [5, 5.41) is 19.5. The minimum absolute atomic E-state index is 0.0104. The molecule has 0 aliphatic carbocycles. The van der Waals surface area contributed by atoms with E-state index in [-0.39, 0.29) is 12.3 Å². The number of nitrogens with one attached hydrogen (secondary N) is 1. The number of carboxylic acids is 1. The van der Waals surface area contributed by atoms with Crippen LogP contribution in [0.1, 0.15) is 36.3 Å². The van der Waals surface area contributed by atoms with Crippen LogP contribution in [0.4, 0.5) is 5.69 Å². The number of aromatic nitrogens is 3. The number of carboxylic acid groups (broad SMARTS) is 1. The van der Waals surface area contributed by atoms with Gasteiger partial charge in [0, 0.05) is 12.1 Å². The highest BCUT2D eigenvalue weighted by Gasteiger charge is 2.20. The van der Waals surface area contributed by atoms with Gasteiger partial charge in [-0.3, -0.25) is 9.59 Å². The van der Waals surface area contributed by atoms with Crippen LogP contribution in [0.15, 0.2) is 24.3 Å². The summed E-state index contributed by atoms with van der Waals surface area (Å²) in [5.74, 6) is -1.09. The number of aliphatic carboxylic acids is 1. The van der Waals surface area contributed by atoms with Crippen molar-refractivity contribution in [3.05, 3.63) is 41.2 Å². The molecule has 0 spiro atoms. The second-order valence-electron chi connectivity index (χ2n) is 5.49. The fourth-order valence-electron chi connectivity index (χ4n) is 2.19. The van der Waals surface area contributed by atoms with Gasteiger partial charge in [0.05, 0.1) is 17.8 Å². The molecule has 1 amide bonds. The second-order valence-corrected chi connectivity index (χ2v) is 5.49. The van der Waals surface area contributed by atoms with E-state index in [4.69, 9.17) is 5.11 Å². The van der Waals surface area contributed by atoms with Crippen LogP contribution >= 0.6 is 0 Å². The summed E-state index contributed by atoms with van der Waals surface area (Å²) in [7, 11) is 0. The van der Waals surface area contributed by atoms with Crippen LogP contribution in [0.3, 0.4) is 0 Å². The molecular formula is C16H20N4O3. The Bertz CT molecular complexity index is 707. The van der Waals surface area contributed by atoms with Crippen LogP contribution in [0.2, 0.25) is 0 Å². The minimum Gasteiger partial charge on any atom is -0.481 e. The maximum absolute atomic E-state index is 12.3. The van der Waals surface area contributed by atoms with Gasteiger partial charge in [0.2, 0.25) is 5.91 Å². The number of rotatable bonds is 6. The van der Waals surface area contributed by atoms with E-state index in [1.165, 1.54) is 4.68 Å². The van der Waals surface area contributed by atoms with Crippen LogP contribution < -0.4 is 5.32 Å². The summed E-state index contributed by atoms with van der Waals surface area (Å²) in [6, 6.07) is 6.98. The first-order valence-electron chi connectivity index (χ1n) is 7.38. The van der Waals surface area contributed by atoms with E-state index >= 15 is 0 Å². The summed E-state index contributed by atoms with van der Waals surface area (Å²) in [6.45, 7) is 5.49. The second kappa shape index (κ2) is 7.04. The average molecular weight is 316 g/mol. The molecule has 7 heteroatoms. The molecule has 2 aromatic rings. The number of hydrogen-bond donors (Lipinski definition) is 2. The molecule has 0 saturated carbocycles. The molecule has 0 aliphatic rings. The van der Waals surface area contributed by atoms with E-state index in [1.54, 1.807) is 13.8 Å². The normalized spacial score (nSPS) is 12.0. The number of hydrogen-bond acceptors (Lipinski definition) is 4. The molecule has 1 heterocycles. The Morgan fingerprint density at radius 2 is 1.91 bits per heavy atom. The number of amides is 1. The molecule has 0 fully saturated rings. The summed E-state index contributed by atoms with van der Waals surface area (Å²) in [4.78, 5) is 23.0. The Hall–Kier alpha value is -2.70. The monoisotopic (exact) mass is 316 g/mol. The van der Waals surface area contributed by atoms with Crippen molar-refractivity contribution < 1.29 is 14.7 Å². The SMILES string of the molecule is Cc1ccc(NC(=O)C(C)n2nnc(CCC(=O)O)c2C)cc1. The maximum atomic E-state index is 12.3. The maximum Gasteiger partial charge on any atom is 0.303 e. The molecule has 0 radical (unpaired) electrons. The first-order valence-corrected chi connectivity index (χ1v) is 7.38. The highest BCUT2D eigenvalue weighted by Crippen LogP contribution is 2.16. The molecule has 2 N–H and O–H groups in total. The fourth-order valence-corrected chi connectivity index (χ4v) is 2.19. The molecule has 1 unspecified atom stereocenters. The number of anilines is 1. The molecule has 1 aromatic heterocycles. The fraction of sp³-hybridized carbons (Fsp3) is 0.375. The number of benzene rings is 1. The Kier molecular flexibility index (Phi) is 5.10. The predicted octanol–water partition coefficient (Wildman–Crippen LogP) is 2.11. The lowest BCUT2D eigenvalue weighted by molar-refractivity contribution is -0.137. The van der Waals surface area contributed by atoms with Crippen molar-refractivity contribution in [2.24, 2.45) is 0 Å². The van der Waals surface area contributed by atoms with Gasteiger partial charge in [-0.1, -0.05) is 22.9 Å². The zero-order valence-electron chi connectivity index (χ0n) is 13.4. The third kappa shape index (κ3) is 4.15. The lowest BCUT2D eigenvalue weighted by Crippen LogP contribution is -2.25. The zero-order chi connectivity index (χ0) is 17.0. The van der Waals surface area contributed by atoms with Gasteiger partial charge in [-0.15, -0.1) is 5.10 Å². The van der Waals surface area contributed by atoms with Crippen molar-refractivity contribution in [3.63, 3.8) is 0 Å². The standard InChI is InChI=1S/C16H20N4O3/c1-10-4-6-13(7-5-10)17-16(23)12(3)20-11(2)14(18-19-20)8-9-15(21)22/h4-7,12H,8-9H2,1-3H3,(H,17,23)(H,21,22). The number of carbonyl (C=O) groups is 2. The largest absolute Gasteiger partial charge is 0.481 e. The quantitative estimate of drug-likeness (QED) is 0.850. The number of nitrogens with zero attached hydrogens (tertiary/aromatic N) is 3. The van der Waals surface area contributed by atoms with Gasteiger partial charge in [-0.05, 0) is 32.9 Å². The first kappa shape index (κ1) is 16.7. The Morgan fingerprint density at radius 1 is 1.26 bits per heavy atom. The van der Waals surface area contributed by atoms with Crippen molar-refractivity contribution in [2.75, 3.05) is 5.32 Å². The molecule has 23 heavy (non-hydrogen) atoms. The summed E-state index contributed by atoms with van der Waals surface area (Å²) in [6.07, 6.45) is 0.289. The molecule has 2 rings (SSSR count). The molecule has 0 saturated heterocycles. The van der Waals surface area contributed by atoms with Gasteiger partial charge in [0.15, 0.2) is 0 Å². The van der Waals surface area contributed by atoms with Crippen LogP contribution in [0.5, 0.6) is 0 Å². The van der Waals surface area contributed by atoms with E-state index in [0.717, 1.165) is 11.3 Å². The third-order valence-corrected chi connectivity index (χ3v) is 3.66. The summed E-state index contributed by atoms with van der Waals surface area (Å²) in [5.41, 5.74) is 3.14. The van der Waals surface area contributed by atoms with Crippen LogP contribution in [0.25, 0.3) is 0 Å². The molecular weight excluding hydrogens is 296 g/mol. The predicted molar refractivity (Wildman–Crippen MR) is 85.2 cm³/mol. The average Bonchev–Trinajstić information content (AvgIpc) is 2.87. The lowest BCUT2D eigenvalue weighted by Gasteiger charge is -2.14. The van der Waals surface area contributed by atoms with E-state index in [1.807, 2.05) is 31.2 Å². The number of aryl methyl sites for hydroxylation is 2. The smallest absolute Gasteiger partial charge is 0.303 e. The highest BCUT2D eigenvalue weighted by molar-refractivity contribution is 5.93. The van der Waals surface area contributed by atoms with Gasteiger partial charge in [0.25, 0.3) is 0 Å². The molecule has 1 aromatic carbocycles. The van der Waals surface area contributed by atoms with Gasteiger partial charge >= 0.3 is 5.97 Å². The van der Waals surface area contributed by atoms with Crippen LogP contribution in [-0.4, -0.2) is 32.0 Å². The minimum atomic E-state index is -0.885. The van der Waals surface area contributed by atoms with Gasteiger partial charge < -0.3 is 10.4 Å². The summed E-state index contributed by atoms with van der Waals surface area (Å²) < 4.78 is 1.51. The Labute approximate surface area is 134 Å². The zero-order valence-corrected chi connectivity index (χ0v) is 13.4. The van der Waals surface area contributed by atoms with Crippen LogP contribution in [0, 0.1) is 13.8 Å². The van der Waals surface area contributed by atoms with E-state index in [0.29, 0.717) is 17.8 Å². The van der Waals surface area contributed by atoms with E-state index < -0.39 is 12.0 Å². The van der Waals surface area contributed by atoms with E-state index in [9.17, 15) is 9.59 Å². The van der Waals surface area contributed by atoms with Crippen LogP contribution in [-0.2, 0) is 16.0 Å². The molecule has 0 bridgehead atoms. The van der Waals surface area contributed by atoms with Gasteiger partial charge in [-0.2, -0.15) is 0 Å². The Balaban J connectivity index is 2.07. The first-order chi connectivity index (χ1) is 10.9. The van der Waals surface area contributed by atoms with Crippen molar-refractivity contribution >= 4 is 17.6 Å². The molecule has 1 atom stereocenters. The molecule has 7 nitrogen and oxygen atoms in total. The van der Waals surface area contributed by atoms with Crippen molar-refractivity contribution in [2.45, 2.75) is 39.7 Å². The van der Waals surface area contributed by atoms with E-state index in [2.05, 4.69) is 15.6 Å². The van der Waals surface area contributed by atoms with Gasteiger partial charge in [0.1, 0.15) is 6.04 Å². The molecule has 122 valence electrons. The third-order valence-electron chi connectivity index (χ3n) is 3.66. The highest BCUT2D eigenvalue weighted by atomic mass is 16.4.